The van der Waals surface area contributed by atoms with Gasteiger partial charge in [0, 0.05) is 12.6 Å². The van der Waals surface area contributed by atoms with Crippen molar-refractivity contribution in [2.75, 3.05) is 12.3 Å². The number of aromatic amines is 1. The molecule has 0 aromatic carbocycles. The number of anilines is 1. The molecule has 2 aromatic rings. The van der Waals surface area contributed by atoms with Crippen LogP contribution in [0.4, 0.5) is 5.95 Å². The molecule has 9 nitrogen and oxygen atoms in total. The summed E-state index contributed by atoms with van der Waals surface area (Å²) in [4.78, 5) is 18.3. The number of nitrogens with two attached hydrogens (primary N) is 1. The first-order valence-electron chi connectivity index (χ1n) is 6.30. The van der Waals surface area contributed by atoms with Crippen LogP contribution >= 0.6 is 0 Å². The number of nitrogen functional groups attached to an aromatic ring is 1. The second-order valence-corrected chi connectivity index (χ2v) is 4.83. The lowest BCUT2D eigenvalue weighted by atomic mass is 10.2. The van der Waals surface area contributed by atoms with Crippen molar-refractivity contribution in [1.29, 1.82) is 5.26 Å². The first-order valence-corrected chi connectivity index (χ1v) is 6.30. The Morgan fingerprint density at radius 3 is 3.05 bits per heavy atom. The summed E-state index contributed by atoms with van der Waals surface area (Å²) in [5.74, 6) is -0.0754. The van der Waals surface area contributed by atoms with E-state index in [-0.39, 0.29) is 35.6 Å². The van der Waals surface area contributed by atoms with E-state index in [1.165, 1.54) is 10.8 Å². The summed E-state index contributed by atoms with van der Waals surface area (Å²) in [6, 6.07) is 1.92. The van der Waals surface area contributed by atoms with Crippen molar-refractivity contribution in [3.8, 4) is 6.07 Å². The smallest absolute Gasteiger partial charge is 0.263 e. The number of nitrogens with zero attached hydrogens (tertiary/aromatic N) is 3. The SMILES string of the molecule is N#Cc1cn(C2CC(O)C(CO)O2)c2nc(N)[nH]c(=O)c12. The Morgan fingerprint density at radius 1 is 1.67 bits per heavy atom. The second-order valence-electron chi connectivity index (χ2n) is 4.83. The summed E-state index contributed by atoms with van der Waals surface area (Å²) in [7, 11) is 0. The molecule has 21 heavy (non-hydrogen) atoms. The lowest BCUT2D eigenvalue weighted by Gasteiger charge is -2.14. The number of aromatic nitrogens is 3. The Balaban J connectivity index is 2.16. The lowest BCUT2D eigenvalue weighted by Crippen LogP contribution is -2.24. The summed E-state index contributed by atoms with van der Waals surface area (Å²) in [6.07, 6.45) is -0.521. The van der Waals surface area contributed by atoms with Crippen molar-refractivity contribution >= 4 is 17.0 Å². The Hall–Kier alpha value is -2.41. The molecule has 0 spiro atoms. The zero-order valence-corrected chi connectivity index (χ0v) is 10.9. The van der Waals surface area contributed by atoms with Crippen LogP contribution in [0.15, 0.2) is 11.0 Å². The van der Waals surface area contributed by atoms with Gasteiger partial charge in [0.25, 0.3) is 5.56 Å². The number of aliphatic hydroxyl groups is 2. The number of nitrogens with one attached hydrogen (secondary N) is 1. The molecule has 3 atom stereocenters. The Kier molecular flexibility index (Phi) is 3.13. The van der Waals surface area contributed by atoms with Crippen LogP contribution in [0, 0.1) is 11.3 Å². The fourth-order valence-electron chi connectivity index (χ4n) is 2.53. The number of rotatable bonds is 2. The molecule has 3 heterocycles. The van der Waals surface area contributed by atoms with Crippen molar-refractivity contribution in [2.45, 2.75) is 24.9 Å². The van der Waals surface area contributed by atoms with Gasteiger partial charge in [0.1, 0.15) is 23.8 Å². The largest absolute Gasteiger partial charge is 0.394 e. The van der Waals surface area contributed by atoms with Crippen molar-refractivity contribution < 1.29 is 14.9 Å². The van der Waals surface area contributed by atoms with Gasteiger partial charge < -0.3 is 25.3 Å². The van der Waals surface area contributed by atoms with Gasteiger partial charge in [-0.25, -0.2) is 0 Å². The summed E-state index contributed by atoms with van der Waals surface area (Å²) in [5, 5.41) is 28.2. The number of hydrogen-bond acceptors (Lipinski definition) is 7. The van der Waals surface area contributed by atoms with E-state index in [0.29, 0.717) is 0 Å². The van der Waals surface area contributed by atoms with Gasteiger partial charge in [0.05, 0.1) is 18.3 Å². The van der Waals surface area contributed by atoms with Crippen LogP contribution in [0.2, 0.25) is 0 Å². The minimum atomic E-state index is -0.831. The average Bonchev–Trinajstić information content (AvgIpc) is 2.98. The number of H-pyrrole nitrogens is 1. The molecule has 1 saturated heterocycles. The lowest BCUT2D eigenvalue weighted by molar-refractivity contribution is -0.0430. The van der Waals surface area contributed by atoms with E-state index in [4.69, 9.17) is 20.8 Å². The van der Waals surface area contributed by atoms with E-state index in [1.54, 1.807) is 0 Å². The summed E-state index contributed by atoms with van der Waals surface area (Å²) in [6.45, 7) is -0.321. The third-order valence-corrected chi connectivity index (χ3v) is 3.52. The fourth-order valence-corrected chi connectivity index (χ4v) is 2.53. The van der Waals surface area contributed by atoms with Crippen molar-refractivity contribution in [3.63, 3.8) is 0 Å². The van der Waals surface area contributed by atoms with Crippen LogP contribution in [0.3, 0.4) is 0 Å². The van der Waals surface area contributed by atoms with Gasteiger partial charge >= 0.3 is 0 Å². The van der Waals surface area contributed by atoms with Crippen molar-refractivity contribution in [1.82, 2.24) is 14.5 Å². The standard InChI is InChI=1S/C12H13N5O4/c13-2-5-3-17(8-1-6(19)7(4-18)21-8)10-9(5)11(20)16-12(14)15-10/h3,6-8,18-19H,1,4H2,(H3,14,15,16,20). The molecule has 2 aromatic heterocycles. The summed E-state index contributed by atoms with van der Waals surface area (Å²) in [5.41, 5.74) is 5.38. The van der Waals surface area contributed by atoms with Gasteiger partial charge in [-0.1, -0.05) is 0 Å². The maximum atomic E-state index is 11.9. The minimum absolute atomic E-state index is 0.0754. The maximum Gasteiger partial charge on any atom is 0.263 e. The van der Waals surface area contributed by atoms with Gasteiger partial charge in [-0.3, -0.25) is 9.78 Å². The predicted octanol–water partition coefficient (Wildman–Crippen LogP) is -1.18. The summed E-state index contributed by atoms with van der Waals surface area (Å²) >= 11 is 0. The molecule has 0 bridgehead atoms. The number of fused-ring (bicyclic) bond motifs is 1. The van der Waals surface area contributed by atoms with E-state index in [0.717, 1.165) is 0 Å². The van der Waals surface area contributed by atoms with E-state index in [2.05, 4.69) is 9.97 Å². The zero-order chi connectivity index (χ0) is 15.1. The van der Waals surface area contributed by atoms with Gasteiger partial charge in [0.2, 0.25) is 5.95 Å². The molecular weight excluding hydrogens is 278 g/mol. The highest BCUT2D eigenvalue weighted by atomic mass is 16.5. The molecule has 1 fully saturated rings. The van der Waals surface area contributed by atoms with Crippen LogP contribution in [0.1, 0.15) is 18.2 Å². The third-order valence-electron chi connectivity index (χ3n) is 3.52. The normalized spacial score (nSPS) is 25.3. The molecule has 1 aliphatic heterocycles. The first kappa shape index (κ1) is 13.6. The molecule has 5 N–H and O–H groups in total. The average molecular weight is 291 g/mol. The monoisotopic (exact) mass is 291 g/mol. The van der Waals surface area contributed by atoms with E-state index < -0.39 is 24.0 Å². The van der Waals surface area contributed by atoms with Gasteiger partial charge in [-0.05, 0) is 0 Å². The van der Waals surface area contributed by atoms with Crippen molar-refractivity contribution in [3.05, 3.63) is 22.1 Å². The van der Waals surface area contributed by atoms with Gasteiger partial charge in [0.15, 0.2) is 5.65 Å². The molecule has 9 heteroatoms. The van der Waals surface area contributed by atoms with Crippen LogP contribution in [0.25, 0.3) is 11.0 Å². The predicted molar refractivity (Wildman–Crippen MR) is 71.1 cm³/mol. The molecular formula is C12H13N5O4. The Bertz CT molecular complexity index is 789. The molecule has 0 amide bonds. The molecule has 0 radical (unpaired) electrons. The quantitative estimate of drug-likeness (QED) is 0.543. The molecule has 0 aliphatic carbocycles. The van der Waals surface area contributed by atoms with E-state index in [1.807, 2.05) is 6.07 Å². The molecule has 110 valence electrons. The van der Waals surface area contributed by atoms with Crippen LogP contribution in [-0.4, -0.2) is 43.6 Å². The number of hydrogen-bond donors (Lipinski definition) is 4. The summed E-state index contributed by atoms with van der Waals surface area (Å²) < 4.78 is 7.00. The highest BCUT2D eigenvalue weighted by Gasteiger charge is 2.35. The minimum Gasteiger partial charge on any atom is -0.394 e. The van der Waals surface area contributed by atoms with Crippen LogP contribution < -0.4 is 11.3 Å². The van der Waals surface area contributed by atoms with Crippen LogP contribution in [0.5, 0.6) is 0 Å². The Morgan fingerprint density at radius 2 is 2.43 bits per heavy atom. The topological polar surface area (TPSA) is 150 Å². The molecule has 0 saturated carbocycles. The highest BCUT2D eigenvalue weighted by molar-refractivity contribution is 5.83. The second kappa shape index (κ2) is 4.85. The third kappa shape index (κ3) is 2.06. The maximum absolute atomic E-state index is 11.9. The molecule has 3 rings (SSSR count). The zero-order valence-electron chi connectivity index (χ0n) is 10.9. The first-order chi connectivity index (χ1) is 10.0. The molecule has 1 aliphatic rings. The fraction of sp³-hybridized carbons (Fsp3) is 0.417. The van der Waals surface area contributed by atoms with Crippen LogP contribution in [-0.2, 0) is 4.74 Å². The van der Waals surface area contributed by atoms with Gasteiger partial charge in [-0.2, -0.15) is 10.2 Å². The van der Waals surface area contributed by atoms with Gasteiger partial charge in [-0.15, -0.1) is 0 Å². The van der Waals surface area contributed by atoms with Crippen molar-refractivity contribution in [2.24, 2.45) is 0 Å². The Labute approximate surface area is 118 Å². The number of ether oxygens (including phenoxy) is 1. The van der Waals surface area contributed by atoms with E-state index >= 15 is 0 Å². The molecule has 3 unspecified atom stereocenters. The highest BCUT2D eigenvalue weighted by Crippen LogP contribution is 2.31. The number of nitriles is 1. The number of aliphatic hydroxyl groups excluding tert-OH is 2. The van der Waals surface area contributed by atoms with E-state index in [9.17, 15) is 9.90 Å².